The summed E-state index contributed by atoms with van der Waals surface area (Å²) in [5, 5.41) is 5.69. The second-order valence-corrected chi connectivity index (χ2v) is 5.86. The van der Waals surface area contributed by atoms with Crippen molar-refractivity contribution in [1.82, 2.24) is 10.2 Å². The standard InChI is InChI=1S/C14H24N2S/c1-3-4-5-13(14-12(2)6-11-17-14)16-9-7-15-8-10-16/h6,11,13,15H,3-5,7-10H2,1-2H3/t13-/m0/s1. The molecular weight excluding hydrogens is 228 g/mol. The van der Waals surface area contributed by atoms with Crippen LogP contribution in [0.5, 0.6) is 0 Å². The van der Waals surface area contributed by atoms with Crippen LogP contribution in [0.25, 0.3) is 0 Å². The minimum atomic E-state index is 0.664. The molecule has 0 unspecified atom stereocenters. The number of nitrogens with one attached hydrogen (secondary N) is 1. The zero-order valence-corrected chi connectivity index (χ0v) is 11.9. The Hall–Kier alpha value is -0.380. The molecule has 2 heterocycles. The van der Waals surface area contributed by atoms with Gasteiger partial charge in [-0.05, 0) is 30.4 Å². The fourth-order valence-corrected chi connectivity index (χ4v) is 3.69. The lowest BCUT2D eigenvalue weighted by Gasteiger charge is -2.35. The summed E-state index contributed by atoms with van der Waals surface area (Å²) in [5.74, 6) is 0. The highest BCUT2D eigenvalue weighted by molar-refractivity contribution is 7.10. The zero-order valence-electron chi connectivity index (χ0n) is 11.0. The molecule has 1 aromatic heterocycles. The lowest BCUT2D eigenvalue weighted by Crippen LogP contribution is -2.45. The van der Waals surface area contributed by atoms with Crippen molar-refractivity contribution in [2.24, 2.45) is 0 Å². The van der Waals surface area contributed by atoms with E-state index in [4.69, 9.17) is 0 Å². The normalized spacial score (nSPS) is 19.4. The number of piperazine rings is 1. The summed E-state index contributed by atoms with van der Waals surface area (Å²) in [6.45, 7) is 9.24. The fraction of sp³-hybridized carbons (Fsp3) is 0.714. The molecule has 1 atom stereocenters. The van der Waals surface area contributed by atoms with Gasteiger partial charge in [0.25, 0.3) is 0 Å². The topological polar surface area (TPSA) is 15.3 Å². The lowest BCUT2D eigenvalue weighted by molar-refractivity contribution is 0.165. The van der Waals surface area contributed by atoms with Crippen LogP contribution >= 0.6 is 11.3 Å². The SMILES string of the molecule is CCCC[C@@H](c1sccc1C)N1CCNCC1. The van der Waals surface area contributed by atoms with Gasteiger partial charge in [-0.3, -0.25) is 4.90 Å². The fourth-order valence-electron chi connectivity index (χ4n) is 2.60. The van der Waals surface area contributed by atoms with Gasteiger partial charge in [-0.15, -0.1) is 11.3 Å². The minimum absolute atomic E-state index is 0.664. The van der Waals surface area contributed by atoms with Crippen LogP contribution in [0.1, 0.15) is 42.7 Å². The smallest absolute Gasteiger partial charge is 0.0445 e. The maximum Gasteiger partial charge on any atom is 0.0445 e. The average molecular weight is 252 g/mol. The van der Waals surface area contributed by atoms with Crippen molar-refractivity contribution in [3.8, 4) is 0 Å². The molecular formula is C14H24N2S. The van der Waals surface area contributed by atoms with E-state index in [1.165, 1.54) is 37.9 Å². The van der Waals surface area contributed by atoms with Gasteiger partial charge < -0.3 is 5.32 Å². The highest BCUT2D eigenvalue weighted by Gasteiger charge is 2.23. The molecule has 2 nitrogen and oxygen atoms in total. The molecule has 1 aliphatic rings. The van der Waals surface area contributed by atoms with Crippen molar-refractivity contribution in [3.05, 3.63) is 21.9 Å². The molecule has 0 saturated carbocycles. The Bertz CT molecular complexity index is 329. The van der Waals surface area contributed by atoms with Crippen molar-refractivity contribution in [3.63, 3.8) is 0 Å². The van der Waals surface area contributed by atoms with E-state index >= 15 is 0 Å². The average Bonchev–Trinajstić information content (AvgIpc) is 2.78. The Balaban J connectivity index is 2.09. The molecule has 1 N–H and O–H groups in total. The third-order valence-electron chi connectivity index (χ3n) is 3.63. The van der Waals surface area contributed by atoms with Crippen molar-refractivity contribution in [2.75, 3.05) is 26.2 Å². The van der Waals surface area contributed by atoms with Gasteiger partial charge in [-0.1, -0.05) is 19.8 Å². The molecule has 0 aliphatic carbocycles. The first kappa shape index (κ1) is 13.1. The van der Waals surface area contributed by atoms with Gasteiger partial charge in [0, 0.05) is 37.1 Å². The molecule has 0 bridgehead atoms. The number of nitrogens with zero attached hydrogens (tertiary/aromatic N) is 1. The van der Waals surface area contributed by atoms with Crippen LogP contribution in [0.15, 0.2) is 11.4 Å². The first-order valence-electron chi connectivity index (χ1n) is 6.81. The van der Waals surface area contributed by atoms with Crippen molar-refractivity contribution in [2.45, 2.75) is 39.2 Å². The van der Waals surface area contributed by atoms with E-state index in [0.29, 0.717) is 6.04 Å². The van der Waals surface area contributed by atoms with Crippen molar-refractivity contribution >= 4 is 11.3 Å². The summed E-state index contributed by atoms with van der Waals surface area (Å²) >= 11 is 1.94. The van der Waals surface area contributed by atoms with Crippen LogP contribution in [0, 0.1) is 6.92 Å². The molecule has 0 amide bonds. The summed E-state index contributed by atoms with van der Waals surface area (Å²) in [6.07, 6.45) is 3.96. The van der Waals surface area contributed by atoms with E-state index < -0.39 is 0 Å². The molecule has 1 aliphatic heterocycles. The molecule has 1 aromatic rings. The lowest BCUT2D eigenvalue weighted by atomic mass is 10.0. The maximum absolute atomic E-state index is 3.45. The summed E-state index contributed by atoms with van der Waals surface area (Å²) in [7, 11) is 0. The number of aryl methyl sites for hydroxylation is 1. The highest BCUT2D eigenvalue weighted by Crippen LogP contribution is 2.32. The van der Waals surface area contributed by atoms with Gasteiger partial charge >= 0.3 is 0 Å². The summed E-state index contributed by atoms with van der Waals surface area (Å²) < 4.78 is 0. The Labute approximate surface area is 109 Å². The molecule has 96 valence electrons. The molecule has 1 saturated heterocycles. The molecule has 3 heteroatoms. The van der Waals surface area contributed by atoms with E-state index in [1.54, 1.807) is 4.88 Å². The third-order valence-corrected chi connectivity index (χ3v) is 4.75. The second kappa shape index (κ2) is 6.53. The van der Waals surface area contributed by atoms with Crippen molar-refractivity contribution < 1.29 is 0 Å². The van der Waals surface area contributed by atoms with Crippen molar-refractivity contribution in [1.29, 1.82) is 0 Å². The van der Waals surface area contributed by atoms with Crippen LogP contribution in [0.3, 0.4) is 0 Å². The summed E-state index contributed by atoms with van der Waals surface area (Å²) in [6, 6.07) is 2.93. The van der Waals surface area contributed by atoms with Gasteiger partial charge in [-0.2, -0.15) is 0 Å². The quantitative estimate of drug-likeness (QED) is 0.866. The largest absolute Gasteiger partial charge is 0.314 e. The van der Waals surface area contributed by atoms with Crippen LogP contribution in [-0.4, -0.2) is 31.1 Å². The number of thiophene rings is 1. The van der Waals surface area contributed by atoms with Gasteiger partial charge in [0.15, 0.2) is 0 Å². The van der Waals surface area contributed by atoms with E-state index in [2.05, 4.69) is 35.5 Å². The highest BCUT2D eigenvalue weighted by atomic mass is 32.1. The molecule has 0 radical (unpaired) electrons. The van der Waals surface area contributed by atoms with E-state index in [0.717, 1.165) is 13.1 Å². The van der Waals surface area contributed by atoms with Crippen LogP contribution in [0.4, 0.5) is 0 Å². The second-order valence-electron chi connectivity index (χ2n) is 4.91. The first-order valence-corrected chi connectivity index (χ1v) is 7.69. The Kier molecular flexibility index (Phi) is 5.01. The van der Waals surface area contributed by atoms with Crippen LogP contribution < -0.4 is 5.32 Å². The van der Waals surface area contributed by atoms with Gasteiger partial charge in [-0.25, -0.2) is 0 Å². The Morgan fingerprint density at radius 2 is 2.18 bits per heavy atom. The minimum Gasteiger partial charge on any atom is -0.314 e. The monoisotopic (exact) mass is 252 g/mol. The predicted molar refractivity (Wildman–Crippen MR) is 75.8 cm³/mol. The number of rotatable bonds is 5. The summed E-state index contributed by atoms with van der Waals surface area (Å²) in [4.78, 5) is 4.27. The summed E-state index contributed by atoms with van der Waals surface area (Å²) in [5.41, 5.74) is 1.48. The Morgan fingerprint density at radius 1 is 1.41 bits per heavy atom. The van der Waals surface area contributed by atoms with Crippen LogP contribution in [-0.2, 0) is 0 Å². The van der Waals surface area contributed by atoms with Crippen LogP contribution in [0.2, 0.25) is 0 Å². The zero-order chi connectivity index (χ0) is 12.1. The number of hydrogen-bond donors (Lipinski definition) is 1. The van der Waals surface area contributed by atoms with Gasteiger partial charge in [0.05, 0.1) is 0 Å². The molecule has 1 fully saturated rings. The Morgan fingerprint density at radius 3 is 2.76 bits per heavy atom. The van der Waals surface area contributed by atoms with Gasteiger partial charge in [0.2, 0.25) is 0 Å². The van der Waals surface area contributed by atoms with Gasteiger partial charge in [0.1, 0.15) is 0 Å². The number of unbranched alkanes of at least 4 members (excludes halogenated alkanes) is 1. The van der Waals surface area contributed by atoms with E-state index in [-0.39, 0.29) is 0 Å². The molecule has 0 spiro atoms. The van der Waals surface area contributed by atoms with E-state index in [9.17, 15) is 0 Å². The molecule has 2 rings (SSSR count). The first-order chi connectivity index (χ1) is 8.33. The predicted octanol–water partition coefficient (Wildman–Crippen LogP) is 3.19. The molecule has 17 heavy (non-hydrogen) atoms. The molecule has 0 aromatic carbocycles. The third kappa shape index (κ3) is 3.30. The maximum atomic E-state index is 3.45. The van der Waals surface area contributed by atoms with E-state index in [1.807, 2.05) is 11.3 Å². The number of hydrogen-bond acceptors (Lipinski definition) is 3.